The molecule has 0 nitrogen and oxygen atoms in total. The fourth-order valence-electron chi connectivity index (χ4n) is 6.88. The van der Waals surface area contributed by atoms with E-state index >= 15 is 0 Å². The summed E-state index contributed by atoms with van der Waals surface area (Å²) < 4.78 is 0. The monoisotopic (exact) mass is 530 g/mol. The SMILES string of the molecule is c1ccc2c(c1)-c1cccc3c(-c4ccc5cc(-c6ccc(-c7ccc8ccccc8c7)cc6)ccc5c4)ccc-2c13. The van der Waals surface area contributed by atoms with Crippen LogP contribution in [0.15, 0.2) is 158 Å². The zero-order valence-electron chi connectivity index (χ0n) is 23.0. The Morgan fingerprint density at radius 1 is 0.238 bits per heavy atom. The first kappa shape index (κ1) is 23.3. The van der Waals surface area contributed by atoms with Crippen molar-refractivity contribution in [1.82, 2.24) is 0 Å². The quantitative estimate of drug-likeness (QED) is 0.213. The lowest BCUT2D eigenvalue weighted by Crippen LogP contribution is -1.85. The van der Waals surface area contributed by atoms with Crippen LogP contribution >= 0.6 is 0 Å². The van der Waals surface area contributed by atoms with E-state index in [0.29, 0.717) is 0 Å². The lowest BCUT2D eigenvalue weighted by molar-refractivity contribution is 1.61. The van der Waals surface area contributed by atoms with E-state index in [4.69, 9.17) is 0 Å². The van der Waals surface area contributed by atoms with E-state index in [2.05, 4.69) is 158 Å². The molecule has 1 aliphatic rings. The van der Waals surface area contributed by atoms with Crippen molar-refractivity contribution in [3.05, 3.63) is 158 Å². The van der Waals surface area contributed by atoms with Crippen molar-refractivity contribution in [3.8, 4) is 55.6 Å². The van der Waals surface area contributed by atoms with Gasteiger partial charge in [0.2, 0.25) is 0 Å². The molecule has 1 aliphatic carbocycles. The Hall–Kier alpha value is -5.46. The molecule has 194 valence electrons. The number of hydrogen-bond donors (Lipinski definition) is 0. The molecule has 9 rings (SSSR count). The molecule has 0 fully saturated rings. The Morgan fingerprint density at radius 3 is 1.38 bits per heavy atom. The number of rotatable bonds is 3. The number of hydrogen-bond acceptors (Lipinski definition) is 0. The number of benzene rings is 8. The van der Waals surface area contributed by atoms with Crippen LogP contribution < -0.4 is 0 Å². The predicted octanol–water partition coefficient (Wildman–Crippen LogP) is 11.8. The third kappa shape index (κ3) is 3.56. The molecule has 8 aromatic rings. The first-order chi connectivity index (χ1) is 20.8. The summed E-state index contributed by atoms with van der Waals surface area (Å²) in [5, 5.41) is 7.76. The van der Waals surface area contributed by atoms with Crippen LogP contribution in [-0.4, -0.2) is 0 Å². The first-order valence-corrected chi connectivity index (χ1v) is 14.6. The van der Waals surface area contributed by atoms with Gasteiger partial charge in [-0.3, -0.25) is 0 Å². The molecular weight excluding hydrogens is 504 g/mol. The maximum absolute atomic E-state index is 2.34. The van der Waals surface area contributed by atoms with Crippen molar-refractivity contribution in [1.29, 1.82) is 0 Å². The van der Waals surface area contributed by atoms with Crippen LogP contribution in [0.3, 0.4) is 0 Å². The molecule has 42 heavy (non-hydrogen) atoms. The zero-order valence-corrected chi connectivity index (χ0v) is 23.0. The molecule has 0 radical (unpaired) electrons. The summed E-state index contributed by atoms with van der Waals surface area (Å²) in [7, 11) is 0. The van der Waals surface area contributed by atoms with Crippen LogP contribution in [0.4, 0.5) is 0 Å². The summed E-state index contributed by atoms with van der Waals surface area (Å²) in [6.45, 7) is 0. The normalized spacial score (nSPS) is 11.8. The Kier molecular flexibility index (Phi) is 5.00. The summed E-state index contributed by atoms with van der Waals surface area (Å²) in [5.74, 6) is 0. The minimum Gasteiger partial charge on any atom is -0.0616 e. The van der Waals surface area contributed by atoms with Gasteiger partial charge in [0, 0.05) is 0 Å². The minimum atomic E-state index is 1.23. The molecule has 8 aromatic carbocycles. The van der Waals surface area contributed by atoms with Crippen molar-refractivity contribution < 1.29 is 0 Å². The van der Waals surface area contributed by atoms with Gasteiger partial charge in [-0.2, -0.15) is 0 Å². The largest absolute Gasteiger partial charge is 0.0616 e. The third-order valence-electron chi connectivity index (χ3n) is 9.00. The van der Waals surface area contributed by atoms with E-state index in [1.165, 1.54) is 88.0 Å². The van der Waals surface area contributed by atoms with Crippen LogP contribution in [0, 0.1) is 0 Å². The summed E-state index contributed by atoms with van der Waals surface area (Å²) in [6, 6.07) is 58.0. The summed E-state index contributed by atoms with van der Waals surface area (Å²) in [5.41, 5.74) is 12.9. The van der Waals surface area contributed by atoms with Gasteiger partial charge in [0.1, 0.15) is 0 Å². The molecule has 0 spiro atoms. The molecule has 0 atom stereocenters. The minimum absolute atomic E-state index is 1.23. The second-order valence-corrected chi connectivity index (χ2v) is 11.4. The summed E-state index contributed by atoms with van der Waals surface area (Å²) in [6.07, 6.45) is 0. The van der Waals surface area contributed by atoms with Gasteiger partial charge in [0.05, 0.1) is 0 Å². The van der Waals surface area contributed by atoms with Crippen molar-refractivity contribution >= 4 is 32.3 Å². The van der Waals surface area contributed by atoms with Crippen molar-refractivity contribution in [2.45, 2.75) is 0 Å². The van der Waals surface area contributed by atoms with E-state index in [9.17, 15) is 0 Å². The highest BCUT2D eigenvalue weighted by molar-refractivity contribution is 6.18. The lowest BCUT2D eigenvalue weighted by Gasteiger charge is -2.11. The maximum Gasteiger partial charge on any atom is -0.00201 e. The molecule has 0 unspecified atom stereocenters. The molecule has 0 bridgehead atoms. The highest BCUT2D eigenvalue weighted by atomic mass is 14.2. The fraction of sp³-hybridized carbons (Fsp3) is 0. The van der Waals surface area contributed by atoms with Gasteiger partial charge in [0.15, 0.2) is 0 Å². The average molecular weight is 531 g/mol. The first-order valence-electron chi connectivity index (χ1n) is 14.6. The standard InChI is InChI=1S/C42H26/c1-2-7-30-24-31(17-16-27(30)6-1)28-12-14-29(15-13-28)32-18-19-34-26-35(21-20-33(34)25-32)36-22-23-41-38-9-4-3-8-37(38)40-11-5-10-39(36)42(40)41/h1-26H. The lowest BCUT2D eigenvalue weighted by atomic mass is 9.92. The second kappa shape index (κ2) is 9.03. The van der Waals surface area contributed by atoms with E-state index < -0.39 is 0 Å². The molecule has 0 heterocycles. The van der Waals surface area contributed by atoms with Crippen LogP contribution in [0.25, 0.3) is 88.0 Å². The van der Waals surface area contributed by atoms with Crippen LogP contribution in [0.5, 0.6) is 0 Å². The third-order valence-corrected chi connectivity index (χ3v) is 9.00. The van der Waals surface area contributed by atoms with Crippen molar-refractivity contribution in [2.75, 3.05) is 0 Å². The second-order valence-electron chi connectivity index (χ2n) is 11.4. The Morgan fingerprint density at radius 2 is 0.690 bits per heavy atom. The van der Waals surface area contributed by atoms with Crippen LogP contribution in [0.1, 0.15) is 0 Å². The van der Waals surface area contributed by atoms with E-state index in [1.807, 2.05) is 0 Å². The molecule has 0 N–H and O–H groups in total. The summed E-state index contributed by atoms with van der Waals surface area (Å²) in [4.78, 5) is 0. The highest BCUT2D eigenvalue weighted by Crippen LogP contribution is 2.49. The van der Waals surface area contributed by atoms with Gasteiger partial charge in [-0.15, -0.1) is 0 Å². The van der Waals surface area contributed by atoms with Crippen molar-refractivity contribution in [2.24, 2.45) is 0 Å². The van der Waals surface area contributed by atoms with Gasteiger partial charge < -0.3 is 0 Å². The van der Waals surface area contributed by atoms with Crippen LogP contribution in [-0.2, 0) is 0 Å². The topological polar surface area (TPSA) is 0 Å². The number of fused-ring (bicyclic) bond motifs is 5. The molecular formula is C42H26. The molecule has 0 aliphatic heterocycles. The smallest absolute Gasteiger partial charge is 0.00201 e. The highest BCUT2D eigenvalue weighted by Gasteiger charge is 2.22. The van der Waals surface area contributed by atoms with E-state index in [-0.39, 0.29) is 0 Å². The van der Waals surface area contributed by atoms with E-state index in [1.54, 1.807) is 0 Å². The zero-order chi connectivity index (χ0) is 27.6. The van der Waals surface area contributed by atoms with E-state index in [0.717, 1.165) is 0 Å². The van der Waals surface area contributed by atoms with Crippen molar-refractivity contribution in [3.63, 3.8) is 0 Å². The molecule has 0 saturated heterocycles. The van der Waals surface area contributed by atoms with Gasteiger partial charge in [-0.05, 0) is 106 Å². The Labute approximate surface area is 245 Å². The Balaban J connectivity index is 1.06. The van der Waals surface area contributed by atoms with Gasteiger partial charge in [-0.1, -0.05) is 140 Å². The van der Waals surface area contributed by atoms with Gasteiger partial charge >= 0.3 is 0 Å². The summed E-state index contributed by atoms with van der Waals surface area (Å²) >= 11 is 0. The maximum atomic E-state index is 2.34. The fourth-order valence-corrected chi connectivity index (χ4v) is 6.88. The van der Waals surface area contributed by atoms with Gasteiger partial charge in [-0.25, -0.2) is 0 Å². The molecule has 0 amide bonds. The average Bonchev–Trinajstić information content (AvgIpc) is 3.39. The molecule has 0 saturated carbocycles. The Bertz CT molecular complexity index is 2310. The molecule has 0 heteroatoms. The predicted molar refractivity (Wildman–Crippen MR) is 180 cm³/mol. The van der Waals surface area contributed by atoms with Gasteiger partial charge in [0.25, 0.3) is 0 Å². The molecule has 0 aromatic heterocycles. The van der Waals surface area contributed by atoms with Crippen LogP contribution in [0.2, 0.25) is 0 Å².